The number of benzene rings is 1. The molecule has 1 amide bonds. The van der Waals surface area contributed by atoms with Crippen LogP contribution in [-0.4, -0.2) is 54.2 Å². The monoisotopic (exact) mass is 360 g/mol. The molecule has 1 aromatic carbocycles. The average molecular weight is 360 g/mol. The molecule has 1 aromatic rings. The lowest BCUT2D eigenvalue weighted by molar-refractivity contribution is -0.140. The van der Waals surface area contributed by atoms with Gasteiger partial charge in [0, 0.05) is 18.6 Å². The summed E-state index contributed by atoms with van der Waals surface area (Å²) < 4.78 is 5.22. The molecule has 6 nitrogen and oxygen atoms in total. The molecule has 2 saturated carbocycles. The van der Waals surface area contributed by atoms with E-state index in [2.05, 4.69) is 10.2 Å². The highest BCUT2D eigenvalue weighted by Crippen LogP contribution is 2.34. The zero-order chi connectivity index (χ0) is 18.7. The van der Waals surface area contributed by atoms with Gasteiger partial charge < -0.3 is 15.2 Å². The fourth-order valence-electron chi connectivity index (χ4n) is 3.54. The van der Waals surface area contributed by atoms with Crippen LogP contribution in [-0.2, 0) is 9.59 Å². The number of aliphatic carboxylic acids is 1. The second kappa shape index (κ2) is 8.08. The van der Waals surface area contributed by atoms with Crippen LogP contribution in [0.1, 0.15) is 44.1 Å². The van der Waals surface area contributed by atoms with Crippen molar-refractivity contribution in [3.8, 4) is 5.75 Å². The van der Waals surface area contributed by atoms with Gasteiger partial charge in [0.05, 0.1) is 19.6 Å². The van der Waals surface area contributed by atoms with E-state index in [4.69, 9.17) is 9.84 Å². The van der Waals surface area contributed by atoms with E-state index in [0.717, 1.165) is 30.7 Å². The number of carbonyl (C=O) groups is 2. The number of amides is 1. The van der Waals surface area contributed by atoms with Crippen molar-refractivity contribution in [1.82, 2.24) is 10.2 Å². The molecule has 0 aromatic heterocycles. The number of ether oxygens (including phenoxy) is 1. The molecule has 2 aliphatic carbocycles. The Morgan fingerprint density at radius 2 is 2.08 bits per heavy atom. The summed E-state index contributed by atoms with van der Waals surface area (Å²) in [6, 6.07) is 7.97. The largest absolute Gasteiger partial charge is 0.497 e. The van der Waals surface area contributed by atoms with Crippen LogP contribution in [0.15, 0.2) is 24.3 Å². The SMILES string of the molecule is COc1cccc(C(C)C(=O)NC2CC(N(CC(=O)O)CC3CC3)C2)c1. The standard InChI is InChI=1S/C20H28N2O4/c1-13(15-4-3-5-18(8-15)26-2)20(25)21-16-9-17(10-16)22(12-19(23)24)11-14-6-7-14/h3-5,8,13-14,16-17H,6-7,9-12H2,1-2H3,(H,21,25)(H,23,24). The second-order valence-corrected chi connectivity index (χ2v) is 7.60. The third-order valence-corrected chi connectivity index (χ3v) is 5.49. The van der Waals surface area contributed by atoms with Crippen molar-refractivity contribution < 1.29 is 19.4 Å². The van der Waals surface area contributed by atoms with Crippen molar-refractivity contribution in [2.24, 2.45) is 5.92 Å². The number of carboxylic acids is 1. The molecular weight excluding hydrogens is 332 g/mol. The van der Waals surface area contributed by atoms with Crippen LogP contribution in [0.3, 0.4) is 0 Å². The molecule has 6 heteroatoms. The minimum Gasteiger partial charge on any atom is -0.497 e. The molecule has 1 atom stereocenters. The third kappa shape index (κ3) is 4.75. The van der Waals surface area contributed by atoms with Crippen LogP contribution in [0.4, 0.5) is 0 Å². The molecule has 2 fully saturated rings. The number of carboxylic acid groups (broad SMARTS) is 1. The van der Waals surface area contributed by atoms with Gasteiger partial charge in [0.25, 0.3) is 0 Å². The van der Waals surface area contributed by atoms with Crippen LogP contribution in [0.5, 0.6) is 5.75 Å². The normalized spacial score (nSPS) is 23.2. The highest BCUT2D eigenvalue weighted by atomic mass is 16.5. The van der Waals surface area contributed by atoms with Crippen molar-refractivity contribution in [3.05, 3.63) is 29.8 Å². The van der Waals surface area contributed by atoms with E-state index in [-0.39, 0.29) is 30.5 Å². The zero-order valence-corrected chi connectivity index (χ0v) is 15.5. The predicted molar refractivity (Wildman–Crippen MR) is 98.3 cm³/mol. The summed E-state index contributed by atoms with van der Waals surface area (Å²) >= 11 is 0. The van der Waals surface area contributed by atoms with Gasteiger partial charge in [0.2, 0.25) is 5.91 Å². The summed E-state index contributed by atoms with van der Waals surface area (Å²) in [5, 5.41) is 12.2. The number of nitrogens with one attached hydrogen (secondary N) is 1. The number of carbonyl (C=O) groups excluding carboxylic acids is 1. The van der Waals surface area contributed by atoms with Gasteiger partial charge in [0.15, 0.2) is 0 Å². The lowest BCUT2D eigenvalue weighted by Crippen LogP contribution is -2.55. The van der Waals surface area contributed by atoms with Gasteiger partial charge in [-0.1, -0.05) is 12.1 Å². The number of hydrogen-bond acceptors (Lipinski definition) is 4. The quantitative estimate of drug-likeness (QED) is 0.706. The summed E-state index contributed by atoms with van der Waals surface area (Å²) in [4.78, 5) is 25.7. The molecule has 0 spiro atoms. The summed E-state index contributed by atoms with van der Waals surface area (Å²) in [6.45, 7) is 2.87. The second-order valence-electron chi connectivity index (χ2n) is 7.60. The molecule has 26 heavy (non-hydrogen) atoms. The van der Waals surface area contributed by atoms with Crippen LogP contribution in [0.25, 0.3) is 0 Å². The maximum atomic E-state index is 12.5. The smallest absolute Gasteiger partial charge is 0.317 e. The van der Waals surface area contributed by atoms with E-state index in [0.29, 0.717) is 5.92 Å². The van der Waals surface area contributed by atoms with Gasteiger partial charge in [-0.25, -0.2) is 0 Å². The number of rotatable bonds is 9. The van der Waals surface area contributed by atoms with Crippen molar-refractivity contribution in [3.63, 3.8) is 0 Å². The highest BCUT2D eigenvalue weighted by molar-refractivity contribution is 5.83. The number of nitrogens with zero attached hydrogens (tertiary/aromatic N) is 1. The minimum absolute atomic E-state index is 0.00804. The maximum Gasteiger partial charge on any atom is 0.317 e. The van der Waals surface area contributed by atoms with Gasteiger partial charge in [-0.2, -0.15) is 0 Å². The fourth-order valence-corrected chi connectivity index (χ4v) is 3.54. The van der Waals surface area contributed by atoms with E-state index in [1.165, 1.54) is 12.8 Å². The van der Waals surface area contributed by atoms with Crippen molar-refractivity contribution in [1.29, 1.82) is 0 Å². The predicted octanol–water partition coefficient (Wildman–Crippen LogP) is 2.24. The van der Waals surface area contributed by atoms with Gasteiger partial charge in [-0.15, -0.1) is 0 Å². The van der Waals surface area contributed by atoms with Crippen molar-refractivity contribution in [2.75, 3.05) is 20.2 Å². The summed E-state index contributed by atoms with van der Waals surface area (Å²) in [5.41, 5.74) is 0.930. The van der Waals surface area contributed by atoms with Gasteiger partial charge in [-0.05, 0) is 56.2 Å². The van der Waals surface area contributed by atoms with E-state index < -0.39 is 5.97 Å². The Labute approximate surface area is 154 Å². The summed E-state index contributed by atoms with van der Waals surface area (Å²) in [6.07, 6.45) is 4.08. The average Bonchev–Trinajstić information content (AvgIpc) is 3.40. The van der Waals surface area contributed by atoms with Gasteiger partial charge in [0.1, 0.15) is 5.75 Å². The van der Waals surface area contributed by atoms with E-state index in [9.17, 15) is 9.59 Å². The van der Waals surface area contributed by atoms with Crippen LogP contribution >= 0.6 is 0 Å². The molecule has 142 valence electrons. The lowest BCUT2D eigenvalue weighted by atomic mass is 9.84. The Morgan fingerprint density at radius 1 is 1.35 bits per heavy atom. The van der Waals surface area contributed by atoms with E-state index in [1.807, 2.05) is 31.2 Å². The fraction of sp³-hybridized carbons (Fsp3) is 0.600. The molecule has 0 bridgehead atoms. The first-order chi connectivity index (χ1) is 12.5. The van der Waals surface area contributed by atoms with Crippen molar-refractivity contribution in [2.45, 2.75) is 50.6 Å². The Kier molecular flexibility index (Phi) is 5.81. The molecule has 0 aliphatic heterocycles. The third-order valence-electron chi connectivity index (χ3n) is 5.49. The molecule has 2 N–H and O–H groups in total. The number of methoxy groups -OCH3 is 1. The first kappa shape index (κ1) is 18.7. The highest BCUT2D eigenvalue weighted by Gasteiger charge is 2.38. The molecule has 2 aliphatic rings. The molecular formula is C20H28N2O4. The Morgan fingerprint density at radius 3 is 2.69 bits per heavy atom. The molecule has 0 heterocycles. The van der Waals surface area contributed by atoms with Crippen LogP contribution in [0, 0.1) is 5.92 Å². The van der Waals surface area contributed by atoms with Gasteiger partial charge in [-0.3, -0.25) is 14.5 Å². The van der Waals surface area contributed by atoms with E-state index in [1.54, 1.807) is 7.11 Å². The minimum atomic E-state index is -0.773. The van der Waals surface area contributed by atoms with Crippen LogP contribution < -0.4 is 10.1 Å². The maximum absolute atomic E-state index is 12.5. The molecule has 0 radical (unpaired) electrons. The van der Waals surface area contributed by atoms with Crippen molar-refractivity contribution >= 4 is 11.9 Å². The van der Waals surface area contributed by atoms with Crippen LogP contribution in [0.2, 0.25) is 0 Å². The first-order valence-corrected chi connectivity index (χ1v) is 9.36. The topological polar surface area (TPSA) is 78.9 Å². The number of hydrogen-bond donors (Lipinski definition) is 2. The Bertz CT molecular complexity index is 653. The molecule has 1 unspecified atom stereocenters. The first-order valence-electron chi connectivity index (χ1n) is 9.36. The Hall–Kier alpha value is -2.08. The molecule has 3 rings (SSSR count). The summed E-state index contributed by atoms with van der Waals surface area (Å²) in [5.74, 6) is 0.399. The van der Waals surface area contributed by atoms with Gasteiger partial charge >= 0.3 is 5.97 Å². The zero-order valence-electron chi connectivity index (χ0n) is 15.5. The Balaban J connectivity index is 1.49. The molecule has 0 saturated heterocycles. The lowest BCUT2D eigenvalue weighted by Gasteiger charge is -2.43. The van der Waals surface area contributed by atoms with E-state index >= 15 is 0 Å². The summed E-state index contributed by atoms with van der Waals surface area (Å²) in [7, 11) is 1.61.